The summed E-state index contributed by atoms with van der Waals surface area (Å²) in [5.41, 5.74) is 0.848. The lowest BCUT2D eigenvalue weighted by Crippen LogP contribution is -2.06. The number of rotatable bonds is 8. The molecule has 118 valence electrons. The molecule has 0 aromatic heterocycles. The fraction of sp³-hybridized carbons (Fsp3) is 1.00. The highest BCUT2D eigenvalue weighted by atomic mass is 14.6. The second-order valence-corrected chi connectivity index (χ2v) is 7.79. The number of hydrogen-bond donors (Lipinski definition) is 0. The third-order valence-electron chi connectivity index (χ3n) is 6.11. The van der Waals surface area contributed by atoms with Gasteiger partial charge in [-0.25, -0.2) is 0 Å². The van der Waals surface area contributed by atoms with E-state index in [0.29, 0.717) is 0 Å². The second kappa shape index (κ2) is 9.11. The SMILES string of the molecule is CCCCCCCCCC12CCCCCCCCC1C2. The van der Waals surface area contributed by atoms with Crippen LogP contribution in [0.25, 0.3) is 0 Å². The van der Waals surface area contributed by atoms with Gasteiger partial charge in [0.05, 0.1) is 0 Å². The maximum absolute atomic E-state index is 2.31. The molecule has 2 fully saturated rings. The molecule has 0 amide bonds. The van der Waals surface area contributed by atoms with E-state index in [-0.39, 0.29) is 0 Å². The Morgan fingerprint density at radius 3 is 2.20 bits per heavy atom. The van der Waals surface area contributed by atoms with Crippen molar-refractivity contribution in [1.29, 1.82) is 0 Å². The van der Waals surface area contributed by atoms with E-state index in [1.165, 1.54) is 83.5 Å². The van der Waals surface area contributed by atoms with Crippen molar-refractivity contribution < 1.29 is 0 Å². The van der Waals surface area contributed by atoms with Crippen LogP contribution in [0.15, 0.2) is 0 Å². The molecule has 0 N–H and O–H groups in total. The molecule has 0 heterocycles. The van der Waals surface area contributed by atoms with Crippen LogP contribution in [0.1, 0.15) is 116 Å². The van der Waals surface area contributed by atoms with E-state index in [0.717, 1.165) is 11.3 Å². The molecule has 0 nitrogen and oxygen atoms in total. The summed E-state index contributed by atoms with van der Waals surface area (Å²) in [6.07, 6.45) is 25.8. The van der Waals surface area contributed by atoms with Crippen LogP contribution in [0, 0.1) is 11.3 Å². The molecule has 2 rings (SSSR count). The van der Waals surface area contributed by atoms with E-state index in [1.807, 2.05) is 0 Å². The first-order valence-electron chi connectivity index (χ1n) is 9.87. The average Bonchev–Trinajstić information content (AvgIpc) is 3.15. The van der Waals surface area contributed by atoms with Gasteiger partial charge in [0.2, 0.25) is 0 Å². The van der Waals surface area contributed by atoms with Gasteiger partial charge >= 0.3 is 0 Å². The van der Waals surface area contributed by atoms with Gasteiger partial charge in [-0.15, -0.1) is 0 Å². The molecular formula is C20H38. The van der Waals surface area contributed by atoms with E-state index in [9.17, 15) is 0 Å². The van der Waals surface area contributed by atoms with Crippen molar-refractivity contribution in [3.8, 4) is 0 Å². The lowest BCUT2D eigenvalue weighted by molar-refractivity contribution is 0.331. The third kappa shape index (κ3) is 5.41. The largest absolute Gasteiger partial charge is 0.0654 e. The Bertz CT molecular complexity index is 244. The summed E-state index contributed by atoms with van der Waals surface area (Å²) in [5, 5.41) is 0. The molecule has 2 unspecified atom stereocenters. The van der Waals surface area contributed by atoms with Crippen LogP contribution in [-0.2, 0) is 0 Å². The summed E-state index contributed by atoms with van der Waals surface area (Å²) in [5.74, 6) is 1.14. The highest BCUT2D eigenvalue weighted by molar-refractivity contribution is 5.01. The summed E-state index contributed by atoms with van der Waals surface area (Å²) in [4.78, 5) is 0. The Morgan fingerprint density at radius 1 is 0.750 bits per heavy atom. The maximum Gasteiger partial charge on any atom is -0.0266 e. The minimum atomic E-state index is 0.848. The van der Waals surface area contributed by atoms with E-state index < -0.39 is 0 Å². The molecule has 0 spiro atoms. The van der Waals surface area contributed by atoms with Crippen molar-refractivity contribution >= 4 is 0 Å². The van der Waals surface area contributed by atoms with Gasteiger partial charge in [-0.2, -0.15) is 0 Å². The van der Waals surface area contributed by atoms with Crippen LogP contribution in [0.2, 0.25) is 0 Å². The van der Waals surface area contributed by atoms with Crippen molar-refractivity contribution in [2.45, 2.75) is 116 Å². The molecule has 0 aromatic rings. The summed E-state index contributed by atoms with van der Waals surface area (Å²) in [6, 6.07) is 0. The molecule has 0 heteroatoms. The van der Waals surface area contributed by atoms with Crippen LogP contribution in [0.4, 0.5) is 0 Å². The lowest BCUT2D eigenvalue weighted by Gasteiger charge is -2.19. The zero-order valence-electron chi connectivity index (χ0n) is 14.1. The van der Waals surface area contributed by atoms with Crippen molar-refractivity contribution in [3.63, 3.8) is 0 Å². The van der Waals surface area contributed by atoms with E-state index >= 15 is 0 Å². The fourth-order valence-corrected chi connectivity index (χ4v) is 4.59. The normalized spacial score (nSPS) is 30.8. The fourth-order valence-electron chi connectivity index (χ4n) is 4.59. The quantitative estimate of drug-likeness (QED) is 0.410. The Labute approximate surface area is 128 Å². The highest BCUT2D eigenvalue weighted by Gasteiger charge is 2.51. The topological polar surface area (TPSA) is 0 Å². The minimum absolute atomic E-state index is 0.848. The van der Waals surface area contributed by atoms with Gasteiger partial charge in [0.15, 0.2) is 0 Å². The molecule has 0 aliphatic heterocycles. The monoisotopic (exact) mass is 278 g/mol. The lowest BCUT2D eigenvalue weighted by atomic mass is 9.87. The molecule has 0 saturated heterocycles. The van der Waals surface area contributed by atoms with Crippen LogP contribution < -0.4 is 0 Å². The summed E-state index contributed by atoms with van der Waals surface area (Å²) >= 11 is 0. The van der Waals surface area contributed by atoms with Gasteiger partial charge in [-0.3, -0.25) is 0 Å². The molecule has 0 aromatic carbocycles. The molecule has 2 saturated carbocycles. The summed E-state index contributed by atoms with van der Waals surface area (Å²) in [6.45, 7) is 2.31. The molecule has 2 aliphatic rings. The Balaban J connectivity index is 1.58. The Kier molecular flexibility index (Phi) is 7.45. The predicted octanol–water partition coefficient (Wildman–Crippen LogP) is 7.27. The highest BCUT2D eigenvalue weighted by Crippen LogP contribution is 2.61. The number of hydrogen-bond acceptors (Lipinski definition) is 0. The first kappa shape index (κ1) is 16.4. The van der Waals surface area contributed by atoms with Crippen LogP contribution in [-0.4, -0.2) is 0 Å². The zero-order valence-corrected chi connectivity index (χ0v) is 14.1. The van der Waals surface area contributed by atoms with E-state index in [1.54, 1.807) is 25.7 Å². The molecule has 0 bridgehead atoms. The number of unbranched alkanes of at least 4 members (excludes halogenated alkanes) is 6. The van der Waals surface area contributed by atoms with Crippen molar-refractivity contribution in [1.82, 2.24) is 0 Å². The molecule has 2 aliphatic carbocycles. The Hall–Kier alpha value is 0. The summed E-state index contributed by atoms with van der Waals surface area (Å²) < 4.78 is 0. The van der Waals surface area contributed by atoms with Gasteiger partial charge < -0.3 is 0 Å². The second-order valence-electron chi connectivity index (χ2n) is 7.79. The average molecular weight is 279 g/mol. The van der Waals surface area contributed by atoms with Crippen molar-refractivity contribution in [2.24, 2.45) is 11.3 Å². The van der Waals surface area contributed by atoms with Crippen LogP contribution in [0.5, 0.6) is 0 Å². The molecule has 2 atom stereocenters. The van der Waals surface area contributed by atoms with Gasteiger partial charge in [0, 0.05) is 0 Å². The first-order chi connectivity index (χ1) is 9.87. The van der Waals surface area contributed by atoms with Crippen molar-refractivity contribution in [3.05, 3.63) is 0 Å². The summed E-state index contributed by atoms with van der Waals surface area (Å²) in [7, 11) is 0. The Morgan fingerprint density at radius 2 is 1.40 bits per heavy atom. The number of fused-ring (bicyclic) bond motifs is 1. The van der Waals surface area contributed by atoms with Gasteiger partial charge in [-0.05, 0) is 37.0 Å². The van der Waals surface area contributed by atoms with Crippen molar-refractivity contribution in [2.75, 3.05) is 0 Å². The van der Waals surface area contributed by atoms with Gasteiger partial charge in [0.25, 0.3) is 0 Å². The van der Waals surface area contributed by atoms with E-state index in [2.05, 4.69) is 6.92 Å². The zero-order chi connectivity index (χ0) is 14.1. The standard InChI is InChI=1S/C20H38/c1-2-3-4-5-7-10-13-16-20-17-14-11-8-6-9-12-15-19(20)18-20/h19H,2-18H2,1H3. The first-order valence-corrected chi connectivity index (χ1v) is 9.87. The van der Waals surface area contributed by atoms with Crippen LogP contribution in [0.3, 0.4) is 0 Å². The van der Waals surface area contributed by atoms with Gasteiger partial charge in [-0.1, -0.05) is 90.4 Å². The molecule has 20 heavy (non-hydrogen) atoms. The smallest absolute Gasteiger partial charge is 0.0266 e. The van der Waals surface area contributed by atoms with Gasteiger partial charge in [0.1, 0.15) is 0 Å². The van der Waals surface area contributed by atoms with E-state index in [4.69, 9.17) is 0 Å². The molecule has 0 radical (unpaired) electrons. The molecular weight excluding hydrogens is 240 g/mol. The predicted molar refractivity (Wildman–Crippen MR) is 90.1 cm³/mol. The minimum Gasteiger partial charge on any atom is -0.0654 e. The third-order valence-corrected chi connectivity index (χ3v) is 6.11. The maximum atomic E-state index is 2.31. The van der Waals surface area contributed by atoms with Crippen LogP contribution >= 0.6 is 0 Å².